The molecule has 3 rings (SSSR count). The topological polar surface area (TPSA) is 59.2 Å². The average Bonchev–Trinajstić information content (AvgIpc) is 3.14. The zero-order valence-electron chi connectivity index (χ0n) is 10.5. The van der Waals surface area contributed by atoms with E-state index < -0.39 is 0 Å². The number of aromatic nitrogens is 2. The Bertz CT molecular complexity index is 544. The summed E-state index contributed by atoms with van der Waals surface area (Å²) in [5.74, 6) is 1.26. The molecule has 1 fully saturated rings. The van der Waals surface area contributed by atoms with E-state index in [1.807, 2.05) is 21.7 Å². The van der Waals surface area contributed by atoms with Crippen LogP contribution in [0.15, 0.2) is 21.2 Å². The van der Waals surface area contributed by atoms with Gasteiger partial charge in [-0.1, -0.05) is 0 Å². The molecule has 0 unspecified atom stereocenters. The number of aryl methyl sites for hydroxylation is 1. The molecule has 1 saturated heterocycles. The van der Waals surface area contributed by atoms with Gasteiger partial charge in [-0.15, -0.1) is 10.2 Å². The first kappa shape index (κ1) is 12.3. The van der Waals surface area contributed by atoms with Crippen LogP contribution in [0.4, 0.5) is 0 Å². The largest absolute Gasteiger partial charge is 0.421 e. The molecular weight excluding hydrogens is 262 g/mol. The molecule has 5 nitrogen and oxygen atoms in total. The molecule has 0 aromatic carbocycles. The molecule has 2 aromatic heterocycles. The first-order valence-electron chi connectivity index (χ1n) is 6.45. The van der Waals surface area contributed by atoms with Crippen molar-refractivity contribution in [3.8, 4) is 11.5 Å². The summed E-state index contributed by atoms with van der Waals surface area (Å²) >= 11 is 1.59. The smallest absolute Gasteiger partial charge is 0.248 e. The fraction of sp³-hybridized carbons (Fsp3) is 0.462. The van der Waals surface area contributed by atoms with Gasteiger partial charge in [-0.2, -0.15) is 11.3 Å². The Morgan fingerprint density at radius 2 is 2.21 bits per heavy atom. The molecule has 0 spiro atoms. The van der Waals surface area contributed by atoms with Crippen LogP contribution < -0.4 is 0 Å². The number of amides is 1. The molecule has 3 heterocycles. The average molecular weight is 277 g/mol. The van der Waals surface area contributed by atoms with Gasteiger partial charge in [0.15, 0.2) is 0 Å². The number of hydrogen-bond donors (Lipinski definition) is 0. The summed E-state index contributed by atoms with van der Waals surface area (Å²) in [7, 11) is 0. The maximum atomic E-state index is 11.9. The Hall–Kier alpha value is -1.69. The van der Waals surface area contributed by atoms with E-state index in [0.29, 0.717) is 24.6 Å². The molecule has 0 atom stereocenters. The van der Waals surface area contributed by atoms with Crippen molar-refractivity contribution in [3.05, 3.63) is 22.7 Å². The van der Waals surface area contributed by atoms with Gasteiger partial charge in [0.1, 0.15) is 0 Å². The number of carbonyl (C=O) groups excluding carboxylic acids is 1. The maximum absolute atomic E-state index is 11.9. The van der Waals surface area contributed by atoms with Crippen molar-refractivity contribution in [3.63, 3.8) is 0 Å². The highest BCUT2D eigenvalue weighted by Crippen LogP contribution is 2.21. The SMILES string of the molecule is O=C(CCc1nnc(-c2ccsc2)o1)N1CCCC1. The quantitative estimate of drug-likeness (QED) is 0.860. The minimum Gasteiger partial charge on any atom is -0.421 e. The molecule has 0 N–H and O–H groups in total. The second-order valence-corrected chi connectivity index (χ2v) is 5.38. The van der Waals surface area contributed by atoms with E-state index in [1.54, 1.807) is 11.3 Å². The molecular formula is C13H15N3O2S. The Kier molecular flexibility index (Phi) is 3.59. The predicted octanol–water partition coefficient (Wildman–Crippen LogP) is 2.35. The van der Waals surface area contributed by atoms with E-state index in [9.17, 15) is 4.79 Å². The second kappa shape index (κ2) is 5.52. The van der Waals surface area contributed by atoms with Gasteiger partial charge < -0.3 is 9.32 Å². The van der Waals surface area contributed by atoms with Crippen LogP contribution >= 0.6 is 11.3 Å². The van der Waals surface area contributed by atoms with E-state index in [2.05, 4.69) is 10.2 Å². The molecule has 100 valence electrons. The Labute approximate surface area is 115 Å². The van der Waals surface area contributed by atoms with E-state index in [0.717, 1.165) is 31.5 Å². The third kappa shape index (κ3) is 2.84. The molecule has 0 radical (unpaired) electrons. The predicted molar refractivity (Wildman–Crippen MR) is 71.7 cm³/mol. The summed E-state index contributed by atoms with van der Waals surface area (Å²) in [4.78, 5) is 13.8. The van der Waals surface area contributed by atoms with Crippen molar-refractivity contribution in [1.29, 1.82) is 0 Å². The molecule has 1 aliphatic heterocycles. The zero-order valence-corrected chi connectivity index (χ0v) is 11.4. The van der Waals surface area contributed by atoms with Crippen LogP contribution in [0.5, 0.6) is 0 Å². The lowest BCUT2D eigenvalue weighted by atomic mass is 10.3. The molecule has 0 aliphatic carbocycles. The normalized spacial score (nSPS) is 15.1. The van der Waals surface area contributed by atoms with E-state index in [4.69, 9.17) is 4.42 Å². The third-order valence-corrected chi connectivity index (χ3v) is 3.93. The summed E-state index contributed by atoms with van der Waals surface area (Å²) in [5.41, 5.74) is 0.939. The highest BCUT2D eigenvalue weighted by molar-refractivity contribution is 7.08. The summed E-state index contributed by atoms with van der Waals surface area (Å²) in [6, 6.07) is 1.94. The monoisotopic (exact) mass is 277 g/mol. The van der Waals surface area contributed by atoms with Gasteiger partial charge >= 0.3 is 0 Å². The summed E-state index contributed by atoms with van der Waals surface area (Å²) in [5, 5.41) is 11.9. The van der Waals surface area contributed by atoms with Crippen LogP contribution in [0, 0.1) is 0 Å². The lowest BCUT2D eigenvalue weighted by Gasteiger charge is -2.13. The van der Waals surface area contributed by atoms with E-state index in [-0.39, 0.29) is 5.91 Å². The molecule has 1 aliphatic rings. The molecule has 19 heavy (non-hydrogen) atoms. The maximum Gasteiger partial charge on any atom is 0.248 e. The number of nitrogens with zero attached hydrogens (tertiary/aromatic N) is 3. The fourth-order valence-electron chi connectivity index (χ4n) is 2.20. The van der Waals surface area contributed by atoms with Crippen LogP contribution in [-0.2, 0) is 11.2 Å². The number of carbonyl (C=O) groups is 1. The van der Waals surface area contributed by atoms with Crippen molar-refractivity contribution in [2.45, 2.75) is 25.7 Å². The van der Waals surface area contributed by atoms with Crippen molar-refractivity contribution < 1.29 is 9.21 Å². The van der Waals surface area contributed by atoms with Gasteiger partial charge in [0.25, 0.3) is 0 Å². The van der Waals surface area contributed by atoms with Gasteiger partial charge in [-0.05, 0) is 24.3 Å². The van der Waals surface area contributed by atoms with Crippen LogP contribution in [0.1, 0.15) is 25.2 Å². The Balaban J connectivity index is 1.57. The Morgan fingerprint density at radius 1 is 1.37 bits per heavy atom. The van der Waals surface area contributed by atoms with Gasteiger partial charge in [0, 0.05) is 36.9 Å². The fourth-order valence-corrected chi connectivity index (χ4v) is 2.83. The summed E-state index contributed by atoms with van der Waals surface area (Å²) in [6.45, 7) is 1.78. The van der Waals surface area contributed by atoms with Gasteiger partial charge in [-0.3, -0.25) is 4.79 Å². The van der Waals surface area contributed by atoms with Gasteiger partial charge in [0.2, 0.25) is 17.7 Å². The first-order valence-corrected chi connectivity index (χ1v) is 7.40. The van der Waals surface area contributed by atoms with Crippen molar-refractivity contribution in [2.24, 2.45) is 0 Å². The van der Waals surface area contributed by atoms with Crippen LogP contribution in [-0.4, -0.2) is 34.1 Å². The van der Waals surface area contributed by atoms with E-state index >= 15 is 0 Å². The van der Waals surface area contributed by atoms with Crippen LogP contribution in [0.2, 0.25) is 0 Å². The third-order valence-electron chi connectivity index (χ3n) is 3.25. The molecule has 2 aromatic rings. The standard InChI is InChI=1S/C13H15N3O2S/c17-12(16-6-1-2-7-16)4-3-11-14-15-13(18-11)10-5-8-19-9-10/h5,8-9H,1-4,6-7H2. The summed E-state index contributed by atoms with van der Waals surface area (Å²) < 4.78 is 5.55. The minimum atomic E-state index is 0.188. The lowest BCUT2D eigenvalue weighted by molar-refractivity contribution is -0.130. The van der Waals surface area contributed by atoms with E-state index in [1.165, 1.54) is 0 Å². The molecule has 6 heteroatoms. The highest BCUT2D eigenvalue weighted by atomic mass is 32.1. The van der Waals surface area contributed by atoms with Crippen molar-refractivity contribution >= 4 is 17.2 Å². The van der Waals surface area contributed by atoms with Crippen molar-refractivity contribution in [1.82, 2.24) is 15.1 Å². The number of hydrogen-bond acceptors (Lipinski definition) is 5. The van der Waals surface area contributed by atoms with Crippen LogP contribution in [0.3, 0.4) is 0 Å². The minimum absolute atomic E-state index is 0.188. The Morgan fingerprint density at radius 3 is 2.95 bits per heavy atom. The first-order chi connectivity index (χ1) is 9.33. The number of likely N-dealkylation sites (tertiary alicyclic amines) is 1. The van der Waals surface area contributed by atoms with Gasteiger partial charge in [0.05, 0.1) is 0 Å². The molecule has 1 amide bonds. The summed E-state index contributed by atoms with van der Waals surface area (Å²) in [6.07, 6.45) is 3.21. The van der Waals surface area contributed by atoms with Gasteiger partial charge in [-0.25, -0.2) is 0 Å². The van der Waals surface area contributed by atoms with Crippen LogP contribution in [0.25, 0.3) is 11.5 Å². The lowest BCUT2D eigenvalue weighted by Crippen LogP contribution is -2.27. The molecule has 0 saturated carbocycles. The number of rotatable bonds is 4. The van der Waals surface area contributed by atoms with Crippen molar-refractivity contribution in [2.75, 3.05) is 13.1 Å². The molecule has 0 bridgehead atoms. The number of thiophene rings is 1. The highest BCUT2D eigenvalue weighted by Gasteiger charge is 2.18. The zero-order chi connectivity index (χ0) is 13.1. The second-order valence-electron chi connectivity index (χ2n) is 4.60.